The van der Waals surface area contributed by atoms with Gasteiger partial charge in [-0.3, -0.25) is 4.79 Å². The summed E-state index contributed by atoms with van der Waals surface area (Å²) in [4.78, 5) is 36.8. The van der Waals surface area contributed by atoms with Crippen LogP contribution in [0.15, 0.2) is 0 Å². The van der Waals surface area contributed by atoms with Crippen molar-refractivity contribution in [3.8, 4) is 0 Å². The average molecular weight is 298 g/mol. The minimum atomic E-state index is -0.981. The van der Waals surface area contributed by atoms with E-state index in [0.29, 0.717) is 12.8 Å². The molecule has 7 nitrogen and oxygen atoms in total. The zero-order chi connectivity index (χ0) is 15.8. The molecule has 0 bridgehead atoms. The highest BCUT2D eigenvalue weighted by Gasteiger charge is 2.47. The SMILES string of the molecule is CC(C)(C)OC(=O)N[C@H]1C[C@H]2CCC[C@@H](C(=O)O)N2C1=O. The second-order valence-electron chi connectivity index (χ2n) is 6.62. The maximum absolute atomic E-state index is 12.3. The highest BCUT2D eigenvalue weighted by atomic mass is 16.6. The molecule has 2 fully saturated rings. The molecule has 2 aliphatic heterocycles. The first-order valence-corrected chi connectivity index (χ1v) is 7.23. The number of alkyl carbamates (subject to hydrolysis) is 1. The Morgan fingerprint density at radius 3 is 2.57 bits per heavy atom. The molecule has 0 unspecified atom stereocenters. The van der Waals surface area contributed by atoms with Gasteiger partial charge in [0, 0.05) is 6.04 Å². The van der Waals surface area contributed by atoms with Crippen LogP contribution in [0, 0.1) is 0 Å². The largest absolute Gasteiger partial charge is 0.480 e. The van der Waals surface area contributed by atoms with Crippen LogP contribution in [0.5, 0.6) is 0 Å². The lowest BCUT2D eigenvalue weighted by Crippen LogP contribution is -2.51. The minimum absolute atomic E-state index is 0.104. The predicted octanol–water partition coefficient (Wildman–Crippen LogP) is 1.12. The highest BCUT2D eigenvalue weighted by Crippen LogP contribution is 2.32. The van der Waals surface area contributed by atoms with Gasteiger partial charge in [0.2, 0.25) is 5.91 Å². The molecule has 0 aromatic rings. The van der Waals surface area contributed by atoms with E-state index in [1.807, 2.05) is 0 Å². The summed E-state index contributed by atoms with van der Waals surface area (Å²) in [6, 6.07) is -1.57. The van der Waals surface area contributed by atoms with Crippen molar-refractivity contribution in [1.82, 2.24) is 10.2 Å². The smallest absolute Gasteiger partial charge is 0.408 e. The number of aliphatic carboxylic acids is 1. The lowest BCUT2D eigenvalue weighted by Gasteiger charge is -2.34. The summed E-state index contributed by atoms with van der Waals surface area (Å²) < 4.78 is 5.14. The van der Waals surface area contributed by atoms with Crippen LogP contribution in [0.3, 0.4) is 0 Å². The predicted molar refractivity (Wildman–Crippen MR) is 73.7 cm³/mol. The van der Waals surface area contributed by atoms with Gasteiger partial charge in [-0.05, 0) is 46.5 Å². The Balaban J connectivity index is 2.03. The molecule has 2 aliphatic rings. The van der Waals surface area contributed by atoms with Crippen LogP contribution in [-0.4, -0.2) is 51.7 Å². The second kappa shape index (κ2) is 5.54. The number of hydrogen-bond donors (Lipinski definition) is 2. The van der Waals surface area contributed by atoms with E-state index in [1.165, 1.54) is 4.90 Å². The third kappa shape index (κ3) is 3.46. The summed E-state index contributed by atoms with van der Waals surface area (Å²) in [5.74, 6) is -1.30. The van der Waals surface area contributed by atoms with Crippen molar-refractivity contribution in [3.05, 3.63) is 0 Å². The van der Waals surface area contributed by atoms with E-state index in [2.05, 4.69) is 5.32 Å². The Bertz CT molecular complexity index is 457. The maximum atomic E-state index is 12.3. The summed E-state index contributed by atoms with van der Waals surface area (Å²) >= 11 is 0. The van der Waals surface area contributed by atoms with Gasteiger partial charge in [-0.15, -0.1) is 0 Å². The topological polar surface area (TPSA) is 95.9 Å². The summed E-state index contributed by atoms with van der Waals surface area (Å²) in [5.41, 5.74) is -0.637. The van der Waals surface area contributed by atoms with Gasteiger partial charge in [0.15, 0.2) is 0 Å². The summed E-state index contributed by atoms with van der Waals surface area (Å²) in [6.45, 7) is 5.23. The third-order valence-electron chi connectivity index (χ3n) is 3.78. The Labute approximate surface area is 123 Å². The normalized spacial score (nSPS) is 29.0. The monoisotopic (exact) mass is 298 g/mol. The molecule has 2 saturated heterocycles. The Morgan fingerprint density at radius 2 is 2.00 bits per heavy atom. The molecular weight excluding hydrogens is 276 g/mol. The minimum Gasteiger partial charge on any atom is -0.480 e. The van der Waals surface area contributed by atoms with Crippen LogP contribution in [0.25, 0.3) is 0 Å². The Kier molecular flexibility index (Phi) is 4.11. The van der Waals surface area contributed by atoms with E-state index in [1.54, 1.807) is 20.8 Å². The van der Waals surface area contributed by atoms with Gasteiger partial charge in [0.25, 0.3) is 0 Å². The number of nitrogens with one attached hydrogen (secondary N) is 1. The summed E-state index contributed by atoms with van der Waals surface area (Å²) in [7, 11) is 0. The molecule has 0 saturated carbocycles. The summed E-state index contributed by atoms with van der Waals surface area (Å²) in [5, 5.41) is 11.8. The highest BCUT2D eigenvalue weighted by molar-refractivity contribution is 5.91. The van der Waals surface area contributed by atoms with Crippen LogP contribution >= 0.6 is 0 Å². The third-order valence-corrected chi connectivity index (χ3v) is 3.78. The molecule has 0 aliphatic carbocycles. The number of carbonyl (C=O) groups excluding carboxylic acids is 2. The quantitative estimate of drug-likeness (QED) is 0.796. The number of amides is 2. The van der Waals surface area contributed by atoms with E-state index in [4.69, 9.17) is 4.74 Å². The average Bonchev–Trinajstić information content (AvgIpc) is 2.63. The molecule has 0 radical (unpaired) electrons. The Hall–Kier alpha value is -1.79. The van der Waals surface area contributed by atoms with Crippen LogP contribution < -0.4 is 5.32 Å². The van der Waals surface area contributed by atoms with Crippen molar-refractivity contribution in [2.24, 2.45) is 0 Å². The van der Waals surface area contributed by atoms with Gasteiger partial charge in [0.1, 0.15) is 17.7 Å². The molecule has 0 spiro atoms. The van der Waals surface area contributed by atoms with E-state index < -0.39 is 29.7 Å². The van der Waals surface area contributed by atoms with Crippen LogP contribution in [0.2, 0.25) is 0 Å². The Morgan fingerprint density at radius 1 is 1.33 bits per heavy atom. The fourth-order valence-corrected chi connectivity index (χ4v) is 3.01. The zero-order valence-electron chi connectivity index (χ0n) is 12.6. The fraction of sp³-hybridized carbons (Fsp3) is 0.786. The zero-order valence-corrected chi connectivity index (χ0v) is 12.6. The lowest BCUT2D eigenvalue weighted by molar-refractivity contribution is -0.152. The molecule has 2 rings (SSSR count). The summed E-state index contributed by atoms with van der Waals surface area (Å²) in [6.07, 6.45) is 1.83. The number of ether oxygens (including phenoxy) is 1. The number of piperidine rings is 1. The first-order chi connectivity index (χ1) is 9.69. The molecule has 2 heterocycles. The number of carboxylic acids is 1. The lowest BCUT2D eigenvalue weighted by atomic mass is 9.96. The molecule has 2 N–H and O–H groups in total. The second-order valence-corrected chi connectivity index (χ2v) is 6.62. The number of hydrogen-bond acceptors (Lipinski definition) is 4. The first kappa shape index (κ1) is 15.6. The number of carbonyl (C=O) groups is 3. The van der Waals surface area contributed by atoms with E-state index in [-0.39, 0.29) is 11.9 Å². The van der Waals surface area contributed by atoms with Crippen molar-refractivity contribution in [1.29, 1.82) is 0 Å². The molecule has 2 amide bonds. The number of rotatable bonds is 2. The van der Waals surface area contributed by atoms with Gasteiger partial charge in [-0.1, -0.05) is 0 Å². The fourth-order valence-electron chi connectivity index (χ4n) is 3.01. The van der Waals surface area contributed by atoms with Crippen molar-refractivity contribution >= 4 is 18.0 Å². The van der Waals surface area contributed by atoms with Crippen molar-refractivity contribution in [2.75, 3.05) is 0 Å². The van der Waals surface area contributed by atoms with Crippen molar-refractivity contribution in [2.45, 2.75) is 70.2 Å². The van der Waals surface area contributed by atoms with Gasteiger partial charge >= 0.3 is 12.1 Å². The molecule has 21 heavy (non-hydrogen) atoms. The number of nitrogens with zero attached hydrogens (tertiary/aromatic N) is 1. The van der Waals surface area contributed by atoms with Crippen LogP contribution in [0.1, 0.15) is 46.5 Å². The number of carboxylic acid groups (broad SMARTS) is 1. The van der Waals surface area contributed by atoms with E-state index in [0.717, 1.165) is 12.8 Å². The molecule has 3 atom stereocenters. The standard InChI is InChI=1S/C14H22N2O5/c1-14(2,3)21-13(20)15-9-7-8-5-4-6-10(12(18)19)16(8)11(9)17/h8-10H,4-7H2,1-3H3,(H,15,20)(H,18,19)/t8-,9+,10+/m1/s1. The van der Waals surface area contributed by atoms with E-state index >= 15 is 0 Å². The first-order valence-electron chi connectivity index (χ1n) is 7.23. The molecule has 118 valence electrons. The molecule has 0 aromatic carbocycles. The van der Waals surface area contributed by atoms with Gasteiger partial charge in [0.05, 0.1) is 0 Å². The number of fused-ring (bicyclic) bond motifs is 1. The van der Waals surface area contributed by atoms with Crippen molar-refractivity contribution < 1.29 is 24.2 Å². The molecule has 7 heteroatoms. The molecular formula is C14H22N2O5. The molecule has 0 aromatic heterocycles. The van der Waals surface area contributed by atoms with Crippen LogP contribution in [-0.2, 0) is 14.3 Å². The maximum Gasteiger partial charge on any atom is 0.408 e. The van der Waals surface area contributed by atoms with E-state index in [9.17, 15) is 19.5 Å². The van der Waals surface area contributed by atoms with Gasteiger partial charge in [-0.2, -0.15) is 0 Å². The van der Waals surface area contributed by atoms with Gasteiger partial charge in [-0.25, -0.2) is 9.59 Å². The van der Waals surface area contributed by atoms with Gasteiger partial charge < -0.3 is 20.1 Å². The van der Waals surface area contributed by atoms with Crippen LogP contribution in [0.4, 0.5) is 4.79 Å². The van der Waals surface area contributed by atoms with Crippen molar-refractivity contribution in [3.63, 3.8) is 0 Å².